The quantitative estimate of drug-likeness (QED) is 0.259. The molecule has 0 bridgehead atoms. The maximum Gasteiger partial charge on any atom is 0.0559 e. The Morgan fingerprint density at radius 2 is 0.964 bits per heavy atom. The van der Waals surface area contributed by atoms with E-state index in [2.05, 4.69) is 89.2 Å². The number of aromatic nitrogens is 1. The zero-order valence-corrected chi connectivity index (χ0v) is 15.8. The summed E-state index contributed by atoms with van der Waals surface area (Å²) in [4.78, 5) is 3.84. The highest BCUT2D eigenvalue weighted by Gasteiger charge is 2.18. The first kappa shape index (κ1) is 14.7. The first-order valence-corrected chi connectivity index (χ1v) is 10.4. The van der Waals surface area contributed by atoms with Crippen molar-refractivity contribution in [2.24, 2.45) is 0 Å². The number of nitrogens with one attached hydrogen (secondary N) is 1. The molecule has 28 heavy (non-hydrogen) atoms. The highest BCUT2D eigenvalue weighted by atomic mass is 32.1. The molecule has 0 saturated carbocycles. The minimum absolute atomic E-state index is 1.25. The van der Waals surface area contributed by atoms with E-state index < -0.39 is 0 Å². The number of benzene rings is 5. The second kappa shape index (κ2) is 5.12. The van der Waals surface area contributed by atoms with Crippen LogP contribution in [0, 0.1) is 0 Å². The molecular weight excluding hydrogens is 358 g/mol. The van der Waals surface area contributed by atoms with Gasteiger partial charge in [-0.1, -0.05) is 72.8 Å². The van der Waals surface area contributed by atoms with Crippen molar-refractivity contribution in [3.8, 4) is 0 Å². The SMILES string of the molecule is c1ccc2c(c1)c1ccccc1c1c2[nH]c2c3ccccc3c3ccsc3c21. The lowest BCUT2D eigenvalue weighted by Gasteiger charge is -2.07. The molecular formula is C26H15NS. The molecule has 0 unspecified atom stereocenters. The summed E-state index contributed by atoms with van der Waals surface area (Å²) >= 11 is 1.85. The second-order valence-electron chi connectivity index (χ2n) is 7.43. The van der Waals surface area contributed by atoms with Gasteiger partial charge < -0.3 is 4.98 Å². The molecule has 7 aromatic rings. The van der Waals surface area contributed by atoms with E-state index in [1.807, 2.05) is 11.3 Å². The monoisotopic (exact) mass is 373 g/mol. The second-order valence-corrected chi connectivity index (χ2v) is 8.34. The van der Waals surface area contributed by atoms with Crippen LogP contribution in [0.15, 0.2) is 84.2 Å². The highest BCUT2D eigenvalue weighted by Crippen LogP contribution is 2.45. The van der Waals surface area contributed by atoms with Crippen molar-refractivity contribution in [2.45, 2.75) is 0 Å². The summed E-state index contributed by atoms with van der Waals surface area (Å²) in [6.45, 7) is 0. The van der Waals surface area contributed by atoms with Crippen LogP contribution in [0.1, 0.15) is 0 Å². The number of thiophene rings is 1. The van der Waals surface area contributed by atoms with Crippen LogP contribution in [0.3, 0.4) is 0 Å². The summed E-state index contributed by atoms with van der Waals surface area (Å²) in [5.74, 6) is 0. The predicted molar refractivity (Wildman–Crippen MR) is 124 cm³/mol. The van der Waals surface area contributed by atoms with Gasteiger partial charge in [-0.05, 0) is 33.0 Å². The smallest absolute Gasteiger partial charge is 0.0559 e. The number of H-pyrrole nitrogens is 1. The predicted octanol–water partition coefficient (Wildman–Crippen LogP) is 8.00. The molecule has 2 heteroatoms. The molecule has 7 rings (SSSR count). The van der Waals surface area contributed by atoms with Crippen molar-refractivity contribution in [3.63, 3.8) is 0 Å². The van der Waals surface area contributed by atoms with Crippen LogP contribution >= 0.6 is 11.3 Å². The van der Waals surface area contributed by atoms with Crippen LogP contribution in [-0.4, -0.2) is 4.98 Å². The van der Waals surface area contributed by atoms with Crippen molar-refractivity contribution in [2.75, 3.05) is 0 Å². The molecule has 2 aromatic heterocycles. The Hall–Kier alpha value is -3.36. The van der Waals surface area contributed by atoms with Crippen molar-refractivity contribution >= 4 is 75.5 Å². The van der Waals surface area contributed by atoms with E-state index in [4.69, 9.17) is 0 Å². The molecule has 130 valence electrons. The molecule has 0 aliphatic rings. The van der Waals surface area contributed by atoms with Crippen molar-refractivity contribution < 1.29 is 0 Å². The maximum absolute atomic E-state index is 3.84. The fraction of sp³-hybridized carbons (Fsp3) is 0. The topological polar surface area (TPSA) is 15.8 Å². The Labute approximate surface area is 164 Å². The minimum atomic E-state index is 1.25. The van der Waals surface area contributed by atoms with E-state index >= 15 is 0 Å². The Morgan fingerprint density at radius 3 is 1.64 bits per heavy atom. The maximum atomic E-state index is 3.84. The van der Waals surface area contributed by atoms with E-state index in [-0.39, 0.29) is 0 Å². The first-order chi connectivity index (χ1) is 13.9. The van der Waals surface area contributed by atoms with Crippen molar-refractivity contribution in [1.82, 2.24) is 4.98 Å². The van der Waals surface area contributed by atoms with Gasteiger partial charge >= 0.3 is 0 Å². The van der Waals surface area contributed by atoms with Crippen LogP contribution in [0.4, 0.5) is 0 Å². The van der Waals surface area contributed by atoms with Gasteiger partial charge in [0.05, 0.1) is 11.0 Å². The van der Waals surface area contributed by atoms with Crippen LogP contribution in [0.25, 0.3) is 64.2 Å². The van der Waals surface area contributed by atoms with Gasteiger partial charge in [-0.2, -0.15) is 0 Å². The Kier molecular flexibility index (Phi) is 2.68. The lowest BCUT2D eigenvalue weighted by molar-refractivity contribution is 1.59. The van der Waals surface area contributed by atoms with Crippen LogP contribution in [0.5, 0.6) is 0 Å². The molecule has 0 saturated heterocycles. The molecule has 2 heterocycles. The normalized spacial score (nSPS) is 12.3. The van der Waals surface area contributed by atoms with E-state index in [0.717, 1.165) is 0 Å². The molecule has 0 radical (unpaired) electrons. The van der Waals surface area contributed by atoms with Gasteiger partial charge in [0.25, 0.3) is 0 Å². The van der Waals surface area contributed by atoms with E-state index in [9.17, 15) is 0 Å². The fourth-order valence-corrected chi connectivity index (χ4v) is 5.89. The molecule has 0 fully saturated rings. The molecule has 0 aliphatic carbocycles. The van der Waals surface area contributed by atoms with Gasteiger partial charge in [0.2, 0.25) is 0 Å². The Bertz CT molecular complexity index is 1720. The lowest BCUT2D eigenvalue weighted by atomic mass is 9.95. The van der Waals surface area contributed by atoms with Gasteiger partial charge in [-0.25, -0.2) is 0 Å². The summed E-state index contributed by atoms with van der Waals surface area (Å²) in [5.41, 5.74) is 2.50. The van der Waals surface area contributed by atoms with Gasteiger partial charge in [0.1, 0.15) is 0 Å². The largest absolute Gasteiger partial charge is 0.353 e. The van der Waals surface area contributed by atoms with Crippen molar-refractivity contribution in [3.05, 3.63) is 84.2 Å². The molecule has 1 nitrogen and oxygen atoms in total. The molecule has 0 spiro atoms. The summed E-state index contributed by atoms with van der Waals surface area (Å²) in [6.07, 6.45) is 0. The number of fused-ring (bicyclic) bond motifs is 13. The van der Waals surface area contributed by atoms with Crippen molar-refractivity contribution in [1.29, 1.82) is 0 Å². The molecule has 0 aliphatic heterocycles. The van der Waals surface area contributed by atoms with Gasteiger partial charge in [-0.3, -0.25) is 0 Å². The number of rotatable bonds is 0. The molecule has 5 aromatic carbocycles. The Balaban J connectivity index is 1.94. The summed E-state index contributed by atoms with van der Waals surface area (Å²) in [6, 6.07) is 28.6. The Morgan fingerprint density at radius 1 is 0.464 bits per heavy atom. The third kappa shape index (κ3) is 1.67. The zero-order valence-electron chi connectivity index (χ0n) is 15.0. The van der Waals surface area contributed by atoms with Gasteiger partial charge in [0, 0.05) is 31.6 Å². The van der Waals surface area contributed by atoms with Crippen LogP contribution in [-0.2, 0) is 0 Å². The minimum Gasteiger partial charge on any atom is -0.353 e. The van der Waals surface area contributed by atoms with Gasteiger partial charge in [0.15, 0.2) is 0 Å². The number of hydrogen-bond donors (Lipinski definition) is 1. The third-order valence-corrected chi connectivity index (χ3v) is 6.99. The van der Waals surface area contributed by atoms with E-state index in [1.165, 1.54) is 64.2 Å². The average Bonchev–Trinajstić information content (AvgIpc) is 3.39. The fourth-order valence-electron chi connectivity index (χ4n) is 4.92. The third-order valence-electron chi connectivity index (χ3n) is 6.06. The van der Waals surface area contributed by atoms with E-state index in [1.54, 1.807) is 0 Å². The molecule has 0 amide bonds. The summed E-state index contributed by atoms with van der Waals surface area (Å²) < 4.78 is 1.38. The number of hydrogen-bond acceptors (Lipinski definition) is 1. The van der Waals surface area contributed by atoms with Gasteiger partial charge in [-0.15, -0.1) is 11.3 Å². The highest BCUT2D eigenvalue weighted by molar-refractivity contribution is 7.18. The average molecular weight is 373 g/mol. The first-order valence-electron chi connectivity index (χ1n) is 9.54. The van der Waals surface area contributed by atoms with E-state index in [0.29, 0.717) is 0 Å². The van der Waals surface area contributed by atoms with Crippen LogP contribution < -0.4 is 0 Å². The summed E-state index contributed by atoms with van der Waals surface area (Å²) in [5, 5.41) is 14.2. The number of aromatic amines is 1. The molecule has 1 N–H and O–H groups in total. The zero-order chi connectivity index (χ0) is 18.2. The summed E-state index contributed by atoms with van der Waals surface area (Å²) in [7, 11) is 0. The van der Waals surface area contributed by atoms with Crippen LogP contribution in [0.2, 0.25) is 0 Å². The lowest BCUT2D eigenvalue weighted by Crippen LogP contribution is -1.80. The standard InChI is InChI=1S/C26H15NS/c1-4-10-18-15(7-1)16-8-2-5-11-19(16)24-22(18)23-25(27-24)20-12-6-3-9-17(20)21-13-14-28-26(21)23/h1-14,27H. The molecule has 0 atom stereocenters.